The summed E-state index contributed by atoms with van der Waals surface area (Å²) >= 11 is 1.66. The van der Waals surface area contributed by atoms with Crippen molar-refractivity contribution in [2.45, 2.75) is 50.8 Å². The molecule has 4 nitrogen and oxygen atoms in total. The molecule has 1 atom stereocenters. The fourth-order valence-electron chi connectivity index (χ4n) is 4.32. The number of hydrogen-bond acceptors (Lipinski definition) is 3. The fourth-order valence-corrected chi connectivity index (χ4v) is 5.49. The Morgan fingerprint density at radius 1 is 1.07 bits per heavy atom. The Morgan fingerprint density at radius 3 is 2.52 bits per heavy atom. The van der Waals surface area contributed by atoms with Gasteiger partial charge in [-0.2, -0.15) is 0 Å². The lowest BCUT2D eigenvalue weighted by Gasteiger charge is -2.26. The molecule has 2 amide bonds. The second-order valence-corrected chi connectivity index (χ2v) is 8.92. The molecule has 2 fully saturated rings. The first-order valence-electron chi connectivity index (χ1n) is 10.6. The van der Waals surface area contributed by atoms with Crippen LogP contribution in [0.1, 0.15) is 55.5 Å². The number of carbonyl (C=O) groups is 2. The zero-order valence-electron chi connectivity index (χ0n) is 16.9. The average molecular weight is 409 g/mol. The van der Waals surface area contributed by atoms with Crippen LogP contribution in [-0.2, 0) is 16.0 Å². The number of thioether (sulfide) groups is 1. The Labute approximate surface area is 177 Å². The third-order valence-electron chi connectivity index (χ3n) is 5.94. The van der Waals surface area contributed by atoms with E-state index in [1.54, 1.807) is 11.8 Å². The van der Waals surface area contributed by atoms with E-state index in [-0.39, 0.29) is 23.1 Å². The summed E-state index contributed by atoms with van der Waals surface area (Å²) in [4.78, 5) is 27.1. The van der Waals surface area contributed by atoms with Gasteiger partial charge in [0.1, 0.15) is 5.37 Å². The van der Waals surface area contributed by atoms with Gasteiger partial charge in [-0.15, -0.1) is 11.8 Å². The third kappa shape index (κ3) is 4.35. The fraction of sp³-hybridized carbons (Fsp3) is 0.417. The van der Waals surface area contributed by atoms with Gasteiger partial charge in [0.2, 0.25) is 11.8 Å². The van der Waals surface area contributed by atoms with Crippen molar-refractivity contribution in [2.24, 2.45) is 5.92 Å². The molecule has 2 aliphatic rings. The van der Waals surface area contributed by atoms with E-state index in [4.69, 9.17) is 0 Å². The summed E-state index contributed by atoms with van der Waals surface area (Å²) in [5, 5.41) is 3.04. The number of nitrogens with one attached hydrogen (secondary N) is 1. The SMILES string of the molecule is CCc1ccccc1N1C(=O)CS[C@H]1c1ccc(NC(=O)C2CCCCC2)cc1. The van der Waals surface area contributed by atoms with Crippen LogP contribution in [-0.4, -0.2) is 17.6 Å². The van der Waals surface area contributed by atoms with Crippen molar-refractivity contribution < 1.29 is 9.59 Å². The van der Waals surface area contributed by atoms with Gasteiger partial charge < -0.3 is 5.32 Å². The molecule has 0 unspecified atom stereocenters. The Hall–Kier alpha value is -2.27. The number of anilines is 2. The maximum absolute atomic E-state index is 12.7. The first kappa shape index (κ1) is 20.0. The van der Waals surface area contributed by atoms with Gasteiger partial charge in [0.05, 0.1) is 5.75 Å². The molecule has 152 valence electrons. The van der Waals surface area contributed by atoms with Gasteiger partial charge in [-0.1, -0.05) is 56.5 Å². The van der Waals surface area contributed by atoms with Gasteiger partial charge in [-0.05, 0) is 48.6 Å². The van der Waals surface area contributed by atoms with E-state index in [0.717, 1.165) is 49.0 Å². The number of nitrogens with zero attached hydrogens (tertiary/aromatic N) is 1. The minimum Gasteiger partial charge on any atom is -0.326 e. The Balaban J connectivity index is 1.50. The summed E-state index contributed by atoms with van der Waals surface area (Å²) in [6.07, 6.45) is 6.43. The van der Waals surface area contributed by atoms with Gasteiger partial charge in [-0.3, -0.25) is 14.5 Å². The van der Waals surface area contributed by atoms with Crippen molar-refractivity contribution >= 4 is 35.0 Å². The van der Waals surface area contributed by atoms with Gasteiger partial charge in [-0.25, -0.2) is 0 Å². The van der Waals surface area contributed by atoms with E-state index < -0.39 is 0 Å². The monoisotopic (exact) mass is 408 g/mol. The largest absolute Gasteiger partial charge is 0.326 e. The number of rotatable bonds is 5. The summed E-state index contributed by atoms with van der Waals surface area (Å²) in [5.41, 5.74) is 4.11. The number of benzene rings is 2. The predicted molar refractivity (Wildman–Crippen MR) is 120 cm³/mol. The second kappa shape index (κ2) is 9.04. The number of amides is 2. The second-order valence-electron chi connectivity index (χ2n) is 7.86. The zero-order chi connectivity index (χ0) is 20.2. The minimum absolute atomic E-state index is 0.0294. The lowest BCUT2D eigenvalue weighted by molar-refractivity contribution is -0.120. The molecule has 0 spiro atoms. The summed E-state index contributed by atoms with van der Waals surface area (Å²) < 4.78 is 0. The number of aryl methyl sites for hydroxylation is 1. The van der Waals surface area contributed by atoms with Crippen LogP contribution in [0.5, 0.6) is 0 Å². The zero-order valence-corrected chi connectivity index (χ0v) is 17.7. The Kier molecular flexibility index (Phi) is 6.24. The van der Waals surface area contributed by atoms with Gasteiger partial charge in [0.15, 0.2) is 0 Å². The highest BCUT2D eigenvalue weighted by Gasteiger charge is 2.35. The molecule has 4 rings (SSSR count). The third-order valence-corrected chi connectivity index (χ3v) is 7.15. The number of hydrogen-bond donors (Lipinski definition) is 1. The maximum Gasteiger partial charge on any atom is 0.238 e. The highest BCUT2D eigenvalue weighted by Crippen LogP contribution is 2.43. The molecule has 1 saturated carbocycles. The molecular formula is C24H28N2O2S. The molecule has 29 heavy (non-hydrogen) atoms. The first-order chi connectivity index (χ1) is 14.2. The van der Waals surface area contributed by atoms with Crippen molar-refractivity contribution in [2.75, 3.05) is 16.0 Å². The van der Waals surface area contributed by atoms with Crippen molar-refractivity contribution in [3.63, 3.8) is 0 Å². The standard InChI is InChI=1S/C24H28N2O2S/c1-2-17-8-6-7-11-21(17)26-22(27)16-29-24(26)19-12-14-20(15-13-19)25-23(28)18-9-4-3-5-10-18/h6-8,11-15,18,24H,2-5,9-10,16H2,1H3,(H,25,28)/t24-/m0/s1. The van der Waals surface area contributed by atoms with Gasteiger partial charge in [0.25, 0.3) is 0 Å². The van der Waals surface area contributed by atoms with Crippen LogP contribution in [0.15, 0.2) is 48.5 Å². The van der Waals surface area contributed by atoms with Crippen LogP contribution in [0.2, 0.25) is 0 Å². The number of para-hydroxylation sites is 1. The highest BCUT2D eigenvalue weighted by molar-refractivity contribution is 8.00. The highest BCUT2D eigenvalue weighted by atomic mass is 32.2. The molecule has 1 heterocycles. The van der Waals surface area contributed by atoms with Crippen molar-refractivity contribution in [1.82, 2.24) is 0 Å². The number of carbonyl (C=O) groups excluding carboxylic acids is 2. The molecule has 5 heteroatoms. The van der Waals surface area contributed by atoms with Crippen molar-refractivity contribution in [3.05, 3.63) is 59.7 Å². The normalized spacial score (nSPS) is 20.1. The van der Waals surface area contributed by atoms with E-state index in [0.29, 0.717) is 5.75 Å². The molecule has 0 radical (unpaired) electrons. The first-order valence-corrected chi connectivity index (χ1v) is 11.6. The molecular weight excluding hydrogens is 380 g/mol. The van der Waals surface area contributed by atoms with E-state index in [9.17, 15) is 9.59 Å². The van der Waals surface area contributed by atoms with Crippen LogP contribution in [0.25, 0.3) is 0 Å². The topological polar surface area (TPSA) is 49.4 Å². The average Bonchev–Trinajstić information content (AvgIpc) is 3.16. The van der Waals surface area contributed by atoms with Crippen LogP contribution < -0.4 is 10.2 Å². The molecule has 0 bridgehead atoms. The van der Waals surface area contributed by atoms with Gasteiger partial charge in [0, 0.05) is 17.3 Å². The van der Waals surface area contributed by atoms with Crippen molar-refractivity contribution in [3.8, 4) is 0 Å². The van der Waals surface area contributed by atoms with Crippen LogP contribution in [0, 0.1) is 5.92 Å². The maximum atomic E-state index is 12.7. The molecule has 1 saturated heterocycles. The van der Waals surface area contributed by atoms with Crippen LogP contribution in [0.3, 0.4) is 0 Å². The molecule has 2 aromatic rings. The lowest BCUT2D eigenvalue weighted by Crippen LogP contribution is -2.28. The molecule has 1 N–H and O–H groups in total. The lowest BCUT2D eigenvalue weighted by atomic mass is 9.88. The van der Waals surface area contributed by atoms with Crippen LogP contribution >= 0.6 is 11.8 Å². The summed E-state index contributed by atoms with van der Waals surface area (Å²) in [6, 6.07) is 16.1. The van der Waals surface area contributed by atoms with E-state index in [1.165, 1.54) is 12.0 Å². The quantitative estimate of drug-likeness (QED) is 0.706. The van der Waals surface area contributed by atoms with Gasteiger partial charge >= 0.3 is 0 Å². The van der Waals surface area contributed by atoms with E-state index >= 15 is 0 Å². The van der Waals surface area contributed by atoms with E-state index in [1.807, 2.05) is 47.4 Å². The smallest absolute Gasteiger partial charge is 0.238 e. The summed E-state index contributed by atoms with van der Waals surface area (Å²) in [5.74, 6) is 0.924. The molecule has 1 aliphatic carbocycles. The molecule has 0 aromatic heterocycles. The molecule has 1 aliphatic heterocycles. The van der Waals surface area contributed by atoms with E-state index in [2.05, 4.69) is 18.3 Å². The summed E-state index contributed by atoms with van der Waals surface area (Å²) in [7, 11) is 0. The Bertz CT molecular complexity index is 875. The van der Waals surface area contributed by atoms with Crippen molar-refractivity contribution in [1.29, 1.82) is 0 Å². The molecule has 2 aromatic carbocycles. The predicted octanol–water partition coefficient (Wildman–Crippen LogP) is 5.55. The minimum atomic E-state index is -0.0294. The Morgan fingerprint density at radius 2 is 1.79 bits per heavy atom. The van der Waals surface area contributed by atoms with Crippen LogP contribution in [0.4, 0.5) is 11.4 Å². The summed E-state index contributed by atoms with van der Waals surface area (Å²) in [6.45, 7) is 2.12.